The summed E-state index contributed by atoms with van der Waals surface area (Å²) in [6.45, 7) is 2.56. The molecule has 3 rings (SSSR count). The van der Waals surface area contributed by atoms with Crippen LogP contribution in [0.4, 0.5) is 0 Å². The number of carbonyl (C=O) groups excluding carboxylic acids is 1. The molecule has 0 fully saturated rings. The summed E-state index contributed by atoms with van der Waals surface area (Å²) >= 11 is 0. The molecule has 3 aromatic carbocycles. The van der Waals surface area contributed by atoms with Gasteiger partial charge in [0.2, 0.25) is 5.91 Å². The first-order chi connectivity index (χ1) is 14.6. The van der Waals surface area contributed by atoms with Gasteiger partial charge in [-0.05, 0) is 60.0 Å². The minimum Gasteiger partial charge on any atom is -0.497 e. The molecule has 0 saturated heterocycles. The molecular weight excluding hydrogens is 378 g/mol. The number of hydrogen-bond acceptors (Lipinski definition) is 4. The van der Waals surface area contributed by atoms with Gasteiger partial charge in [-0.3, -0.25) is 4.79 Å². The summed E-state index contributed by atoms with van der Waals surface area (Å²) < 4.78 is 16.0. The van der Waals surface area contributed by atoms with E-state index >= 15 is 0 Å². The second-order valence-electron chi connectivity index (χ2n) is 6.80. The van der Waals surface area contributed by atoms with Crippen molar-refractivity contribution in [2.45, 2.75) is 19.4 Å². The van der Waals surface area contributed by atoms with Gasteiger partial charge in [0.1, 0.15) is 17.2 Å². The van der Waals surface area contributed by atoms with Gasteiger partial charge in [0.05, 0.1) is 33.3 Å². The largest absolute Gasteiger partial charge is 0.497 e. The van der Waals surface area contributed by atoms with E-state index in [0.29, 0.717) is 6.61 Å². The van der Waals surface area contributed by atoms with Crippen LogP contribution in [0.5, 0.6) is 17.2 Å². The standard InChI is InChI=1S/C25H27NO4/c1-4-30-23-11-5-18(6-12-23)17-24(27)26-25(19-7-13-21(28-2)14-8-19)20-9-15-22(29-3)16-10-20/h5-16,25H,4,17H2,1-3H3,(H,26,27). The van der Waals surface area contributed by atoms with Crippen molar-refractivity contribution in [3.63, 3.8) is 0 Å². The average molecular weight is 405 g/mol. The van der Waals surface area contributed by atoms with Crippen molar-refractivity contribution in [3.8, 4) is 17.2 Å². The van der Waals surface area contributed by atoms with Crippen LogP contribution in [-0.2, 0) is 11.2 Å². The highest BCUT2D eigenvalue weighted by Crippen LogP contribution is 2.26. The van der Waals surface area contributed by atoms with Crippen LogP contribution in [0.1, 0.15) is 29.7 Å². The van der Waals surface area contributed by atoms with E-state index in [1.54, 1.807) is 14.2 Å². The number of carbonyl (C=O) groups is 1. The lowest BCUT2D eigenvalue weighted by molar-refractivity contribution is -0.120. The highest BCUT2D eigenvalue weighted by atomic mass is 16.5. The Labute approximate surface area is 177 Å². The molecule has 0 aliphatic rings. The van der Waals surface area contributed by atoms with E-state index in [2.05, 4.69) is 5.32 Å². The van der Waals surface area contributed by atoms with Crippen LogP contribution in [0.25, 0.3) is 0 Å². The van der Waals surface area contributed by atoms with Crippen molar-refractivity contribution in [3.05, 3.63) is 89.5 Å². The van der Waals surface area contributed by atoms with Crippen molar-refractivity contribution in [2.24, 2.45) is 0 Å². The second-order valence-corrected chi connectivity index (χ2v) is 6.80. The van der Waals surface area contributed by atoms with E-state index in [9.17, 15) is 4.79 Å². The van der Waals surface area contributed by atoms with Crippen LogP contribution < -0.4 is 19.5 Å². The van der Waals surface area contributed by atoms with Crippen LogP contribution in [0.15, 0.2) is 72.8 Å². The molecular formula is C25H27NO4. The third-order valence-electron chi connectivity index (χ3n) is 4.80. The number of hydrogen-bond donors (Lipinski definition) is 1. The Balaban J connectivity index is 1.79. The van der Waals surface area contributed by atoms with E-state index in [4.69, 9.17) is 14.2 Å². The summed E-state index contributed by atoms with van der Waals surface area (Å²) in [6.07, 6.45) is 0.287. The Morgan fingerprint density at radius 3 is 1.67 bits per heavy atom. The van der Waals surface area contributed by atoms with E-state index in [1.165, 1.54) is 0 Å². The zero-order valence-electron chi connectivity index (χ0n) is 17.6. The molecule has 0 radical (unpaired) electrons. The number of rotatable bonds is 9. The van der Waals surface area contributed by atoms with Crippen LogP contribution in [0.3, 0.4) is 0 Å². The molecule has 5 heteroatoms. The number of methoxy groups -OCH3 is 2. The summed E-state index contributed by atoms with van der Waals surface area (Å²) in [5.74, 6) is 2.28. The van der Waals surface area contributed by atoms with Gasteiger partial charge in [-0.15, -0.1) is 0 Å². The Morgan fingerprint density at radius 1 is 0.767 bits per heavy atom. The summed E-state index contributed by atoms with van der Waals surface area (Å²) in [6, 6.07) is 22.8. The van der Waals surface area contributed by atoms with Gasteiger partial charge in [-0.1, -0.05) is 36.4 Å². The quantitative estimate of drug-likeness (QED) is 0.567. The molecule has 0 spiro atoms. The van der Waals surface area contributed by atoms with Crippen molar-refractivity contribution in [1.29, 1.82) is 0 Å². The Kier molecular flexibility index (Phi) is 7.33. The smallest absolute Gasteiger partial charge is 0.225 e. The zero-order chi connectivity index (χ0) is 21.3. The molecule has 1 N–H and O–H groups in total. The minimum absolute atomic E-state index is 0.0594. The second kappa shape index (κ2) is 10.3. The molecule has 3 aromatic rings. The Bertz CT molecular complexity index is 887. The molecule has 0 atom stereocenters. The monoisotopic (exact) mass is 405 g/mol. The molecule has 0 bridgehead atoms. The van der Waals surface area contributed by atoms with E-state index in [-0.39, 0.29) is 18.4 Å². The number of ether oxygens (including phenoxy) is 3. The predicted octanol–water partition coefficient (Wildman–Crippen LogP) is 4.55. The highest BCUT2D eigenvalue weighted by Gasteiger charge is 2.17. The van der Waals surface area contributed by atoms with E-state index in [0.717, 1.165) is 33.9 Å². The molecule has 5 nitrogen and oxygen atoms in total. The van der Waals surface area contributed by atoms with Crippen LogP contribution >= 0.6 is 0 Å². The highest BCUT2D eigenvalue weighted by molar-refractivity contribution is 5.79. The van der Waals surface area contributed by atoms with Crippen LogP contribution in [0, 0.1) is 0 Å². The van der Waals surface area contributed by atoms with Crippen molar-refractivity contribution in [2.75, 3.05) is 20.8 Å². The average Bonchev–Trinajstić information content (AvgIpc) is 2.79. The summed E-state index contributed by atoms with van der Waals surface area (Å²) in [5, 5.41) is 3.16. The number of amides is 1. The maximum absolute atomic E-state index is 12.8. The topological polar surface area (TPSA) is 56.8 Å². The maximum Gasteiger partial charge on any atom is 0.225 e. The third-order valence-corrected chi connectivity index (χ3v) is 4.80. The first-order valence-corrected chi connectivity index (χ1v) is 9.92. The molecule has 0 aliphatic heterocycles. The zero-order valence-corrected chi connectivity index (χ0v) is 17.6. The number of nitrogens with one attached hydrogen (secondary N) is 1. The first kappa shape index (κ1) is 21.2. The van der Waals surface area contributed by atoms with Crippen molar-refractivity contribution in [1.82, 2.24) is 5.32 Å². The minimum atomic E-state index is -0.281. The first-order valence-electron chi connectivity index (χ1n) is 9.92. The molecule has 0 heterocycles. The predicted molar refractivity (Wildman–Crippen MR) is 117 cm³/mol. The SMILES string of the molecule is CCOc1ccc(CC(=O)NC(c2ccc(OC)cc2)c2ccc(OC)cc2)cc1. The number of benzene rings is 3. The van der Waals surface area contributed by atoms with Crippen LogP contribution in [0.2, 0.25) is 0 Å². The molecule has 1 amide bonds. The lowest BCUT2D eigenvalue weighted by atomic mass is 9.98. The van der Waals surface area contributed by atoms with Crippen molar-refractivity contribution >= 4 is 5.91 Å². The molecule has 156 valence electrons. The summed E-state index contributed by atoms with van der Waals surface area (Å²) in [5.41, 5.74) is 2.88. The fraction of sp³-hybridized carbons (Fsp3) is 0.240. The van der Waals surface area contributed by atoms with E-state index < -0.39 is 0 Å². The van der Waals surface area contributed by atoms with E-state index in [1.807, 2.05) is 79.7 Å². The lowest BCUT2D eigenvalue weighted by Gasteiger charge is -2.21. The van der Waals surface area contributed by atoms with Gasteiger partial charge in [-0.2, -0.15) is 0 Å². The van der Waals surface area contributed by atoms with Gasteiger partial charge in [0.15, 0.2) is 0 Å². The van der Waals surface area contributed by atoms with Gasteiger partial charge >= 0.3 is 0 Å². The molecule has 0 unspecified atom stereocenters. The van der Waals surface area contributed by atoms with Gasteiger partial charge in [0.25, 0.3) is 0 Å². The van der Waals surface area contributed by atoms with Crippen molar-refractivity contribution < 1.29 is 19.0 Å². The molecule has 0 saturated carbocycles. The fourth-order valence-corrected chi connectivity index (χ4v) is 3.22. The molecule has 30 heavy (non-hydrogen) atoms. The van der Waals surface area contributed by atoms with Crippen LogP contribution in [-0.4, -0.2) is 26.7 Å². The fourth-order valence-electron chi connectivity index (χ4n) is 3.22. The third kappa shape index (κ3) is 5.54. The summed E-state index contributed by atoms with van der Waals surface area (Å²) in [4.78, 5) is 12.8. The molecule has 0 aromatic heterocycles. The Hall–Kier alpha value is -3.47. The Morgan fingerprint density at radius 2 is 1.23 bits per heavy atom. The van der Waals surface area contributed by atoms with Gasteiger partial charge in [-0.25, -0.2) is 0 Å². The summed E-state index contributed by atoms with van der Waals surface area (Å²) in [7, 11) is 3.27. The normalized spacial score (nSPS) is 10.5. The van der Waals surface area contributed by atoms with Gasteiger partial charge < -0.3 is 19.5 Å². The van der Waals surface area contributed by atoms with Gasteiger partial charge in [0, 0.05) is 0 Å². The lowest BCUT2D eigenvalue weighted by Crippen LogP contribution is -2.30. The molecule has 0 aliphatic carbocycles. The maximum atomic E-state index is 12.8.